The fraction of sp³-hybridized carbons (Fsp3) is 0.227. The molecule has 2 heterocycles. The summed E-state index contributed by atoms with van der Waals surface area (Å²) in [4.78, 5) is 33.6. The molecule has 2 aromatic carbocycles. The van der Waals surface area contributed by atoms with E-state index in [0.717, 1.165) is 37.0 Å². The maximum Gasteiger partial charge on any atom is 0.274 e. The number of carbonyl (C=O) groups is 2. The van der Waals surface area contributed by atoms with Crippen molar-refractivity contribution in [1.29, 1.82) is 0 Å². The van der Waals surface area contributed by atoms with E-state index in [-0.39, 0.29) is 11.8 Å². The summed E-state index contributed by atoms with van der Waals surface area (Å²) in [5, 5.41) is 4.65. The molecule has 1 saturated heterocycles. The number of nitrogens with one attached hydrogen (secondary N) is 1. The number of pyridine rings is 1. The van der Waals surface area contributed by atoms with Crippen LogP contribution in [0.25, 0.3) is 10.8 Å². The zero-order chi connectivity index (χ0) is 19.5. The van der Waals surface area contributed by atoms with Crippen molar-refractivity contribution in [3.05, 3.63) is 72.1 Å². The second-order valence-corrected chi connectivity index (χ2v) is 7.01. The van der Waals surface area contributed by atoms with Crippen LogP contribution in [0.3, 0.4) is 0 Å². The molecule has 3 aromatic rings. The molecule has 0 saturated carbocycles. The quantitative estimate of drug-likeness (QED) is 0.766. The van der Waals surface area contributed by atoms with Gasteiger partial charge in [0.1, 0.15) is 5.69 Å². The van der Waals surface area contributed by atoms with Crippen molar-refractivity contribution in [2.75, 3.05) is 38.5 Å². The smallest absolute Gasteiger partial charge is 0.274 e. The average molecular weight is 374 g/mol. The monoisotopic (exact) mass is 374 g/mol. The number of anilines is 1. The van der Waals surface area contributed by atoms with E-state index < -0.39 is 0 Å². The van der Waals surface area contributed by atoms with Crippen LogP contribution in [-0.4, -0.2) is 59.8 Å². The van der Waals surface area contributed by atoms with E-state index in [1.165, 1.54) is 0 Å². The van der Waals surface area contributed by atoms with Gasteiger partial charge in [0.25, 0.3) is 11.8 Å². The van der Waals surface area contributed by atoms with Gasteiger partial charge in [0, 0.05) is 49.0 Å². The molecule has 4 rings (SSSR count). The molecular formula is C22H22N4O2. The fourth-order valence-electron chi connectivity index (χ4n) is 3.38. The summed E-state index contributed by atoms with van der Waals surface area (Å²) in [5.74, 6) is -0.239. The third kappa shape index (κ3) is 3.73. The standard InChI is InChI=1S/C22H22N4O2/c1-25-12-14-26(15-13-25)22(28)17-6-8-18(9-7-17)24-21(27)20-19-5-3-2-4-16(19)10-11-23-20/h2-11H,12-15H2,1H3,(H,24,27). The van der Waals surface area contributed by atoms with Gasteiger partial charge in [0.05, 0.1) is 0 Å². The Bertz CT molecular complexity index is 1000. The van der Waals surface area contributed by atoms with E-state index in [0.29, 0.717) is 16.9 Å². The van der Waals surface area contributed by atoms with Gasteiger partial charge in [-0.1, -0.05) is 24.3 Å². The van der Waals surface area contributed by atoms with Gasteiger partial charge in [-0.3, -0.25) is 14.6 Å². The van der Waals surface area contributed by atoms with Crippen LogP contribution in [0.4, 0.5) is 5.69 Å². The Kier molecular flexibility index (Phi) is 5.04. The lowest BCUT2D eigenvalue weighted by Gasteiger charge is -2.32. The van der Waals surface area contributed by atoms with Crippen molar-refractivity contribution >= 4 is 28.3 Å². The Morgan fingerprint density at radius 1 is 0.929 bits per heavy atom. The van der Waals surface area contributed by atoms with Crippen LogP contribution in [0.5, 0.6) is 0 Å². The summed E-state index contributed by atoms with van der Waals surface area (Å²) in [6.07, 6.45) is 1.63. The second kappa shape index (κ2) is 7.78. The van der Waals surface area contributed by atoms with Crippen LogP contribution < -0.4 is 5.32 Å². The predicted molar refractivity (Wildman–Crippen MR) is 110 cm³/mol. The molecule has 0 spiro atoms. The number of hydrogen-bond donors (Lipinski definition) is 1. The number of likely N-dealkylation sites (N-methyl/N-ethyl adjacent to an activating group) is 1. The van der Waals surface area contributed by atoms with Crippen molar-refractivity contribution in [3.8, 4) is 0 Å². The fourth-order valence-corrected chi connectivity index (χ4v) is 3.38. The number of nitrogens with zero attached hydrogens (tertiary/aromatic N) is 3. The molecule has 6 heteroatoms. The Labute approximate surface area is 163 Å². The topological polar surface area (TPSA) is 65.5 Å². The SMILES string of the molecule is CN1CCN(C(=O)c2ccc(NC(=O)c3nccc4ccccc34)cc2)CC1. The molecule has 28 heavy (non-hydrogen) atoms. The molecule has 1 aliphatic heterocycles. The summed E-state index contributed by atoms with van der Waals surface area (Å²) < 4.78 is 0. The molecule has 2 amide bonds. The minimum absolute atomic E-state index is 0.0293. The van der Waals surface area contributed by atoms with Gasteiger partial charge in [-0.2, -0.15) is 0 Å². The van der Waals surface area contributed by atoms with Crippen LogP contribution in [-0.2, 0) is 0 Å². The summed E-state index contributed by atoms with van der Waals surface area (Å²) in [5.41, 5.74) is 1.65. The number of aromatic nitrogens is 1. The third-order valence-corrected chi connectivity index (χ3v) is 5.07. The highest BCUT2D eigenvalue weighted by Crippen LogP contribution is 2.18. The first-order chi connectivity index (χ1) is 13.6. The number of fused-ring (bicyclic) bond motifs is 1. The van der Waals surface area contributed by atoms with Gasteiger partial charge in [-0.25, -0.2) is 0 Å². The molecule has 0 unspecified atom stereocenters. The predicted octanol–water partition coefficient (Wildman–Crippen LogP) is 2.87. The van der Waals surface area contributed by atoms with Crippen molar-refractivity contribution < 1.29 is 9.59 Å². The van der Waals surface area contributed by atoms with Gasteiger partial charge >= 0.3 is 0 Å². The van der Waals surface area contributed by atoms with Crippen LogP contribution in [0.1, 0.15) is 20.8 Å². The van der Waals surface area contributed by atoms with E-state index in [1.807, 2.05) is 35.2 Å². The van der Waals surface area contributed by atoms with Gasteiger partial charge in [-0.15, -0.1) is 0 Å². The Morgan fingerprint density at radius 3 is 2.39 bits per heavy atom. The van der Waals surface area contributed by atoms with Crippen molar-refractivity contribution in [3.63, 3.8) is 0 Å². The summed E-state index contributed by atoms with van der Waals surface area (Å²) in [7, 11) is 2.06. The normalized spacial score (nSPS) is 14.8. The Hall–Kier alpha value is -3.25. The summed E-state index contributed by atoms with van der Waals surface area (Å²) in [6, 6.07) is 16.6. The highest BCUT2D eigenvalue weighted by atomic mass is 16.2. The van der Waals surface area contributed by atoms with E-state index in [1.54, 1.807) is 30.5 Å². The maximum absolute atomic E-state index is 12.7. The Morgan fingerprint density at radius 2 is 1.64 bits per heavy atom. The van der Waals surface area contributed by atoms with Crippen molar-refractivity contribution in [1.82, 2.24) is 14.8 Å². The first-order valence-corrected chi connectivity index (χ1v) is 9.35. The minimum atomic E-state index is -0.269. The van der Waals surface area contributed by atoms with Crippen LogP contribution in [0, 0.1) is 0 Å². The molecule has 0 aliphatic carbocycles. The number of rotatable bonds is 3. The average Bonchev–Trinajstić information content (AvgIpc) is 2.74. The number of hydrogen-bond acceptors (Lipinski definition) is 4. The van der Waals surface area contributed by atoms with E-state index in [4.69, 9.17) is 0 Å². The molecule has 1 aromatic heterocycles. The summed E-state index contributed by atoms with van der Waals surface area (Å²) >= 11 is 0. The van der Waals surface area contributed by atoms with E-state index in [2.05, 4.69) is 22.2 Å². The van der Waals surface area contributed by atoms with Crippen LogP contribution in [0.15, 0.2) is 60.8 Å². The molecule has 142 valence electrons. The number of piperazine rings is 1. The highest BCUT2D eigenvalue weighted by molar-refractivity contribution is 6.11. The maximum atomic E-state index is 12.7. The number of carbonyl (C=O) groups excluding carboxylic acids is 2. The molecule has 0 bridgehead atoms. The van der Waals surface area contributed by atoms with Gasteiger partial charge in [-0.05, 0) is 42.8 Å². The molecule has 6 nitrogen and oxygen atoms in total. The highest BCUT2D eigenvalue weighted by Gasteiger charge is 2.20. The molecule has 0 atom stereocenters. The first kappa shape index (κ1) is 18.1. The Balaban J connectivity index is 1.47. The zero-order valence-corrected chi connectivity index (χ0v) is 15.8. The van der Waals surface area contributed by atoms with Crippen molar-refractivity contribution in [2.24, 2.45) is 0 Å². The van der Waals surface area contributed by atoms with Gasteiger partial charge < -0.3 is 15.1 Å². The van der Waals surface area contributed by atoms with Gasteiger partial charge in [0.2, 0.25) is 0 Å². The molecule has 1 fully saturated rings. The third-order valence-electron chi connectivity index (χ3n) is 5.07. The second-order valence-electron chi connectivity index (χ2n) is 7.01. The van der Waals surface area contributed by atoms with E-state index in [9.17, 15) is 9.59 Å². The van der Waals surface area contributed by atoms with Crippen LogP contribution >= 0.6 is 0 Å². The molecule has 1 aliphatic rings. The van der Waals surface area contributed by atoms with Crippen LogP contribution in [0.2, 0.25) is 0 Å². The lowest BCUT2D eigenvalue weighted by atomic mass is 10.1. The minimum Gasteiger partial charge on any atom is -0.336 e. The van der Waals surface area contributed by atoms with Gasteiger partial charge in [0.15, 0.2) is 0 Å². The van der Waals surface area contributed by atoms with E-state index >= 15 is 0 Å². The largest absolute Gasteiger partial charge is 0.336 e. The lowest BCUT2D eigenvalue weighted by molar-refractivity contribution is 0.0664. The zero-order valence-electron chi connectivity index (χ0n) is 15.8. The number of benzene rings is 2. The first-order valence-electron chi connectivity index (χ1n) is 9.35. The number of amides is 2. The summed E-state index contributed by atoms with van der Waals surface area (Å²) in [6.45, 7) is 3.25. The molecule has 0 radical (unpaired) electrons. The molecule has 1 N–H and O–H groups in total. The lowest BCUT2D eigenvalue weighted by Crippen LogP contribution is -2.47. The molecular weight excluding hydrogens is 352 g/mol. The van der Waals surface area contributed by atoms with Crippen molar-refractivity contribution in [2.45, 2.75) is 0 Å².